The fourth-order valence-electron chi connectivity index (χ4n) is 3.15. The van der Waals surface area contributed by atoms with Gasteiger partial charge in [0.15, 0.2) is 16.6 Å². The lowest BCUT2D eigenvalue weighted by atomic mass is 10.1. The lowest BCUT2D eigenvalue weighted by Crippen LogP contribution is -2.12. The molecule has 3 rings (SSSR count). The maximum atomic E-state index is 12.9. The number of rotatable bonds is 10. The molecule has 0 unspecified atom stereocenters. The van der Waals surface area contributed by atoms with Gasteiger partial charge in [0.2, 0.25) is 11.7 Å². The predicted molar refractivity (Wildman–Crippen MR) is 130 cm³/mol. The summed E-state index contributed by atoms with van der Waals surface area (Å²) in [4.78, 5) is 29.3. The number of carbonyl (C=O) groups is 2. The maximum Gasteiger partial charge on any atom is 0.255 e. The molecule has 1 aromatic heterocycles. The average molecular weight is 470 g/mol. The van der Waals surface area contributed by atoms with Crippen LogP contribution in [0.3, 0.4) is 0 Å². The van der Waals surface area contributed by atoms with Gasteiger partial charge in [0.25, 0.3) is 5.91 Å². The Morgan fingerprint density at radius 2 is 1.73 bits per heavy atom. The van der Waals surface area contributed by atoms with Crippen LogP contribution in [-0.4, -0.2) is 38.1 Å². The van der Waals surface area contributed by atoms with Crippen LogP contribution in [0.1, 0.15) is 36.5 Å². The Kier molecular flexibility index (Phi) is 8.26. The number of carbonyl (C=O) groups excluding carboxylic acids is 2. The van der Waals surface area contributed by atoms with Crippen LogP contribution in [0.5, 0.6) is 17.2 Å². The molecule has 1 heterocycles. The first-order chi connectivity index (χ1) is 16.0. The molecule has 2 aromatic carbocycles. The Morgan fingerprint density at radius 3 is 2.36 bits per heavy atom. The molecule has 0 aliphatic heterocycles. The van der Waals surface area contributed by atoms with Crippen LogP contribution in [0.4, 0.5) is 10.8 Å². The van der Waals surface area contributed by atoms with E-state index in [0.29, 0.717) is 40.1 Å². The van der Waals surface area contributed by atoms with Gasteiger partial charge in [-0.1, -0.05) is 25.5 Å². The molecule has 8 nitrogen and oxygen atoms in total. The van der Waals surface area contributed by atoms with Crippen LogP contribution in [-0.2, 0) is 4.79 Å². The van der Waals surface area contributed by atoms with Gasteiger partial charge in [-0.25, -0.2) is 4.98 Å². The zero-order valence-corrected chi connectivity index (χ0v) is 19.9. The number of ether oxygens (including phenoxy) is 3. The third-order valence-electron chi connectivity index (χ3n) is 4.85. The third kappa shape index (κ3) is 6.01. The number of thiazole rings is 1. The molecule has 174 valence electrons. The number of nitrogens with one attached hydrogen (secondary N) is 2. The highest BCUT2D eigenvalue weighted by atomic mass is 32.1. The lowest BCUT2D eigenvalue weighted by Gasteiger charge is -2.14. The van der Waals surface area contributed by atoms with E-state index in [1.165, 1.54) is 32.7 Å². The number of benzene rings is 2. The predicted octanol–water partition coefficient (Wildman–Crippen LogP) is 5.22. The quantitative estimate of drug-likeness (QED) is 0.423. The van der Waals surface area contributed by atoms with Crippen LogP contribution in [0, 0.1) is 0 Å². The lowest BCUT2D eigenvalue weighted by molar-refractivity contribution is -0.116. The van der Waals surface area contributed by atoms with E-state index in [0.717, 1.165) is 24.1 Å². The zero-order chi connectivity index (χ0) is 23.8. The van der Waals surface area contributed by atoms with Gasteiger partial charge >= 0.3 is 0 Å². The summed E-state index contributed by atoms with van der Waals surface area (Å²) >= 11 is 1.36. The number of hydrogen-bond acceptors (Lipinski definition) is 7. The first-order valence-corrected chi connectivity index (χ1v) is 11.3. The minimum Gasteiger partial charge on any atom is -0.493 e. The second-order valence-electron chi connectivity index (χ2n) is 7.14. The average Bonchev–Trinajstić information content (AvgIpc) is 3.30. The summed E-state index contributed by atoms with van der Waals surface area (Å²) in [5, 5.41) is 8.14. The molecule has 0 radical (unpaired) electrons. The highest BCUT2D eigenvalue weighted by Crippen LogP contribution is 2.38. The number of unbranched alkanes of at least 4 members (excludes halogenated alkanes) is 1. The summed E-state index contributed by atoms with van der Waals surface area (Å²) in [7, 11) is 4.50. The van der Waals surface area contributed by atoms with E-state index in [4.69, 9.17) is 14.2 Å². The van der Waals surface area contributed by atoms with Gasteiger partial charge in [-0.15, -0.1) is 11.3 Å². The molecule has 33 heavy (non-hydrogen) atoms. The van der Waals surface area contributed by atoms with Crippen molar-refractivity contribution in [1.29, 1.82) is 0 Å². The van der Waals surface area contributed by atoms with E-state index in [2.05, 4.69) is 15.6 Å². The maximum absolute atomic E-state index is 12.9. The van der Waals surface area contributed by atoms with Gasteiger partial charge in [0.1, 0.15) is 0 Å². The minimum absolute atomic E-state index is 0.0379. The molecule has 2 N–H and O–H groups in total. The van der Waals surface area contributed by atoms with Gasteiger partial charge in [-0.3, -0.25) is 9.59 Å². The first kappa shape index (κ1) is 24.1. The van der Waals surface area contributed by atoms with Gasteiger partial charge in [-0.05, 0) is 30.7 Å². The fraction of sp³-hybridized carbons (Fsp3) is 0.292. The summed E-state index contributed by atoms with van der Waals surface area (Å²) < 4.78 is 16.0. The number of anilines is 2. The van der Waals surface area contributed by atoms with Crippen molar-refractivity contribution in [2.75, 3.05) is 32.0 Å². The first-order valence-electron chi connectivity index (χ1n) is 10.5. The molecular formula is C24H27N3O5S. The molecule has 3 aromatic rings. The molecule has 0 saturated heterocycles. The van der Waals surface area contributed by atoms with Crippen molar-refractivity contribution >= 4 is 34.0 Å². The molecule has 2 amide bonds. The highest BCUT2D eigenvalue weighted by molar-refractivity contribution is 7.14. The molecule has 0 fully saturated rings. The third-order valence-corrected chi connectivity index (χ3v) is 5.61. The van der Waals surface area contributed by atoms with E-state index in [9.17, 15) is 9.59 Å². The van der Waals surface area contributed by atoms with Crippen molar-refractivity contribution in [3.05, 3.63) is 47.3 Å². The molecular weight excluding hydrogens is 442 g/mol. The molecule has 9 heteroatoms. The summed E-state index contributed by atoms with van der Waals surface area (Å²) in [6.07, 6.45) is 2.29. The number of nitrogens with zero attached hydrogens (tertiary/aromatic N) is 1. The summed E-state index contributed by atoms with van der Waals surface area (Å²) in [5.41, 5.74) is 2.51. The fourth-order valence-corrected chi connectivity index (χ4v) is 3.89. The number of amides is 2. The van der Waals surface area contributed by atoms with E-state index >= 15 is 0 Å². The van der Waals surface area contributed by atoms with Crippen LogP contribution >= 0.6 is 11.3 Å². The van der Waals surface area contributed by atoms with Crippen molar-refractivity contribution in [2.45, 2.75) is 26.2 Å². The highest BCUT2D eigenvalue weighted by Gasteiger charge is 2.17. The van der Waals surface area contributed by atoms with Crippen molar-refractivity contribution in [2.24, 2.45) is 0 Å². The Hall–Kier alpha value is -3.59. The number of hydrogen-bond donors (Lipinski definition) is 2. The summed E-state index contributed by atoms with van der Waals surface area (Å²) in [6, 6.07) is 10.5. The van der Waals surface area contributed by atoms with Gasteiger partial charge in [-0.2, -0.15) is 0 Å². The molecule has 0 atom stereocenters. The Morgan fingerprint density at radius 1 is 1.00 bits per heavy atom. The standard InChI is InChI=1S/C24H27N3O5S/c1-5-6-10-21(28)27-24-26-18(14-33-24)15-8-7-9-17(11-15)25-23(29)16-12-19(30-2)22(32-4)20(13-16)31-3/h7-9,11-14H,5-6,10H2,1-4H3,(H,25,29)(H,26,27,28). The second kappa shape index (κ2) is 11.3. The normalized spacial score (nSPS) is 10.4. The minimum atomic E-state index is -0.325. The van der Waals surface area contributed by atoms with Crippen LogP contribution in [0.2, 0.25) is 0 Å². The Balaban J connectivity index is 1.76. The molecule has 0 spiro atoms. The van der Waals surface area contributed by atoms with Gasteiger partial charge < -0.3 is 24.8 Å². The van der Waals surface area contributed by atoms with Crippen molar-refractivity contribution in [1.82, 2.24) is 4.98 Å². The molecule has 0 bridgehead atoms. The molecule has 0 aliphatic rings. The van der Waals surface area contributed by atoms with Crippen LogP contribution in [0.25, 0.3) is 11.3 Å². The van der Waals surface area contributed by atoms with E-state index in [-0.39, 0.29) is 11.8 Å². The SMILES string of the molecule is CCCCC(=O)Nc1nc(-c2cccc(NC(=O)c3cc(OC)c(OC)c(OC)c3)c2)cs1. The summed E-state index contributed by atoms with van der Waals surface area (Å²) in [6.45, 7) is 2.04. The van der Waals surface area contributed by atoms with E-state index in [1.807, 2.05) is 30.5 Å². The van der Waals surface area contributed by atoms with Gasteiger partial charge in [0.05, 0.1) is 27.0 Å². The Bertz CT molecular complexity index is 1100. The van der Waals surface area contributed by atoms with Crippen molar-refractivity contribution in [3.8, 4) is 28.5 Å². The van der Waals surface area contributed by atoms with Crippen LogP contribution in [0.15, 0.2) is 41.8 Å². The largest absolute Gasteiger partial charge is 0.493 e. The van der Waals surface area contributed by atoms with Crippen LogP contribution < -0.4 is 24.8 Å². The summed E-state index contributed by atoms with van der Waals surface area (Å²) in [5.74, 6) is 0.843. The molecule has 0 aliphatic carbocycles. The topological polar surface area (TPSA) is 98.8 Å². The zero-order valence-electron chi connectivity index (χ0n) is 19.1. The number of aromatic nitrogens is 1. The monoisotopic (exact) mass is 469 g/mol. The number of methoxy groups -OCH3 is 3. The second-order valence-corrected chi connectivity index (χ2v) is 8.00. The van der Waals surface area contributed by atoms with Gasteiger partial charge in [0, 0.05) is 28.6 Å². The Labute approximate surface area is 196 Å². The van der Waals surface area contributed by atoms with Crippen molar-refractivity contribution in [3.63, 3.8) is 0 Å². The van der Waals surface area contributed by atoms with E-state index in [1.54, 1.807) is 18.2 Å². The molecule has 0 saturated carbocycles. The smallest absolute Gasteiger partial charge is 0.255 e. The van der Waals surface area contributed by atoms with E-state index < -0.39 is 0 Å². The van der Waals surface area contributed by atoms with Crippen molar-refractivity contribution < 1.29 is 23.8 Å².